The molecular formula is C33H39N5O4. The minimum atomic E-state index is -0.541. The first-order valence-electron chi connectivity index (χ1n) is 14.3. The van der Waals surface area contributed by atoms with E-state index in [0.717, 1.165) is 66.1 Å². The maximum Gasteiger partial charge on any atom is 0.279 e. The second-order valence-corrected chi connectivity index (χ2v) is 11.7. The Balaban J connectivity index is 1.45. The van der Waals surface area contributed by atoms with E-state index in [-0.39, 0.29) is 11.1 Å². The number of benzene rings is 3. The van der Waals surface area contributed by atoms with Gasteiger partial charge in [0.2, 0.25) is 0 Å². The number of carbonyl (C=O) groups is 1. The number of ether oxygens (including phenoxy) is 2. The number of nitrogens with zero attached hydrogens (tertiary/aromatic N) is 4. The number of anilines is 1. The fourth-order valence-electron chi connectivity index (χ4n) is 5.40. The SMILES string of the molecule is Cc1cccc(-n2nc(C(C)(C)C)c(C)c2NC(=O)C(=NO)c2ccc(OCCN3CCOCC3)c3ccccc23)c1. The van der Waals surface area contributed by atoms with E-state index in [1.807, 2.05) is 68.4 Å². The minimum absolute atomic E-state index is 0.0974. The maximum absolute atomic E-state index is 13.8. The van der Waals surface area contributed by atoms with Crippen molar-refractivity contribution in [1.29, 1.82) is 0 Å². The van der Waals surface area contributed by atoms with Gasteiger partial charge in [0.25, 0.3) is 5.91 Å². The van der Waals surface area contributed by atoms with E-state index in [2.05, 4.69) is 36.1 Å². The predicted octanol–water partition coefficient (Wildman–Crippen LogP) is 5.47. The highest BCUT2D eigenvalue weighted by atomic mass is 16.5. The molecule has 2 N–H and O–H groups in total. The van der Waals surface area contributed by atoms with E-state index in [9.17, 15) is 10.0 Å². The third-order valence-electron chi connectivity index (χ3n) is 7.53. The number of rotatable bonds is 8. The Labute approximate surface area is 246 Å². The summed E-state index contributed by atoms with van der Waals surface area (Å²) < 4.78 is 13.4. The molecule has 2 heterocycles. The van der Waals surface area contributed by atoms with Gasteiger partial charge in [0.05, 0.1) is 24.6 Å². The molecule has 4 aromatic rings. The molecule has 0 bridgehead atoms. The smallest absolute Gasteiger partial charge is 0.279 e. The van der Waals surface area contributed by atoms with E-state index < -0.39 is 5.91 Å². The van der Waals surface area contributed by atoms with Gasteiger partial charge in [-0.3, -0.25) is 9.69 Å². The zero-order valence-corrected chi connectivity index (χ0v) is 25.0. The number of morpholine rings is 1. The average molecular weight is 570 g/mol. The highest BCUT2D eigenvalue weighted by Gasteiger charge is 2.28. The number of amides is 1. The van der Waals surface area contributed by atoms with Crippen LogP contribution in [0, 0.1) is 13.8 Å². The molecule has 9 heteroatoms. The number of hydrogen-bond donors (Lipinski definition) is 2. The van der Waals surface area contributed by atoms with Crippen molar-refractivity contribution in [3.05, 3.63) is 83.0 Å². The normalized spacial score (nSPS) is 14.7. The van der Waals surface area contributed by atoms with E-state index in [0.29, 0.717) is 23.7 Å². The molecule has 1 aliphatic rings. The summed E-state index contributed by atoms with van der Waals surface area (Å²) in [6, 6.07) is 19.2. The van der Waals surface area contributed by atoms with Crippen LogP contribution in [0.5, 0.6) is 5.75 Å². The van der Waals surface area contributed by atoms with Crippen molar-refractivity contribution in [3.63, 3.8) is 0 Å². The molecule has 0 radical (unpaired) electrons. The molecule has 0 saturated carbocycles. The standard InChI is InChI=1S/C33H39N5O4/c1-22-9-8-10-24(21-22)38-31(23(2)30(35-38)33(3,4)5)34-32(39)29(36-40)27-13-14-28(26-12-7-6-11-25(26)27)42-20-17-37-15-18-41-19-16-37/h6-14,21,40H,15-20H2,1-5H3,(H,34,39). The third kappa shape index (κ3) is 6.17. The molecule has 1 aliphatic heterocycles. The van der Waals surface area contributed by atoms with Crippen LogP contribution in [0.4, 0.5) is 5.82 Å². The van der Waals surface area contributed by atoms with Gasteiger partial charge in [-0.1, -0.05) is 62.3 Å². The van der Waals surface area contributed by atoms with Crippen LogP contribution in [-0.4, -0.2) is 71.0 Å². The van der Waals surface area contributed by atoms with Crippen LogP contribution < -0.4 is 10.1 Å². The molecule has 1 fully saturated rings. The molecule has 42 heavy (non-hydrogen) atoms. The lowest BCUT2D eigenvalue weighted by Crippen LogP contribution is -2.38. The first-order valence-corrected chi connectivity index (χ1v) is 14.3. The first kappa shape index (κ1) is 29.3. The molecule has 3 aromatic carbocycles. The van der Waals surface area contributed by atoms with Crippen LogP contribution in [0.15, 0.2) is 65.8 Å². The fraction of sp³-hybridized carbons (Fsp3) is 0.364. The van der Waals surface area contributed by atoms with Crippen LogP contribution >= 0.6 is 0 Å². The largest absolute Gasteiger partial charge is 0.492 e. The van der Waals surface area contributed by atoms with E-state index >= 15 is 0 Å². The molecular weight excluding hydrogens is 530 g/mol. The van der Waals surface area contributed by atoms with Crippen molar-refractivity contribution in [2.45, 2.75) is 40.0 Å². The summed E-state index contributed by atoms with van der Waals surface area (Å²) in [5.41, 5.74) is 3.78. The Bertz CT molecular complexity index is 1610. The van der Waals surface area contributed by atoms with Crippen LogP contribution in [0.1, 0.15) is 43.2 Å². The molecule has 0 aliphatic carbocycles. The minimum Gasteiger partial charge on any atom is -0.492 e. The molecule has 9 nitrogen and oxygen atoms in total. The molecule has 0 unspecified atom stereocenters. The zero-order chi connectivity index (χ0) is 29.9. The number of carbonyl (C=O) groups excluding carboxylic acids is 1. The van der Waals surface area contributed by atoms with E-state index in [1.54, 1.807) is 10.7 Å². The Kier molecular flexibility index (Phi) is 8.61. The second kappa shape index (κ2) is 12.3. The zero-order valence-electron chi connectivity index (χ0n) is 25.0. The summed E-state index contributed by atoms with van der Waals surface area (Å²) in [5.74, 6) is 0.702. The Hall–Kier alpha value is -4.21. The second-order valence-electron chi connectivity index (χ2n) is 11.7. The van der Waals surface area contributed by atoms with Crippen LogP contribution in [0.2, 0.25) is 0 Å². The predicted molar refractivity (Wildman–Crippen MR) is 165 cm³/mol. The maximum atomic E-state index is 13.8. The topological polar surface area (TPSA) is 101 Å². The summed E-state index contributed by atoms with van der Waals surface area (Å²) in [5, 5.41) is 23.1. The van der Waals surface area contributed by atoms with Crippen LogP contribution in [-0.2, 0) is 14.9 Å². The first-order chi connectivity index (χ1) is 20.2. The Morgan fingerprint density at radius 2 is 1.79 bits per heavy atom. The quantitative estimate of drug-likeness (QED) is 0.166. The Morgan fingerprint density at radius 1 is 1.05 bits per heavy atom. The van der Waals surface area contributed by atoms with Gasteiger partial charge >= 0.3 is 0 Å². The van der Waals surface area contributed by atoms with Crippen molar-refractivity contribution in [1.82, 2.24) is 14.7 Å². The molecule has 220 valence electrons. The van der Waals surface area contributed by atoms with Gasteiger partial charge in [0.1, 0.15) is 18.2 Å². The molecule has 5 rings (SSSR count). The highest BCUT2D eigenvalue weighted by molar-refractivity contribution is 6.50. The third-order valence-corrected chi connectivity index (χ3v) is 7.53. The highest BCUT2D eigenvalue weighted by Crippen LogP contribution is 2.33. The lowest BCUT2D eigenvalue weighted by molar-refractivity contribution is -0.110. The van der Waals surface area contributed by atoms with Gasteiger partial charge in [-0.25, -0.2) is 4.68 Å². The number of aryl methyl sites for hydroxylation is 1. The number of aromatic nitrogens is 2. The van der Waals surface area contributed by atoms with Gasteiger partial charge in [-0.05, 0) is 49.1 Å². The van der Waals surface area contributed by atoms with Gasteiger partial charge in [0, 0.05) is 41.6 Å². The molecule has 0 atom stereocenters. The van der Waals surface area contributed by atoms with E-state index in [1.165, 1.54) is 0 Å². The van der Waals surface area contributed by atoms with E-state index in [4.69, 9.17) is 14.6 Å². The number of hydrogen-bond acceptors (Lipinski definition) is 7. The summed E-state index contributed by atoms with van der Waals surface area (Å²) in [4.78, 5) is 16.1. The molecule has 0 spiro atoms. The number of nitrogens with one attached hydrogen (secondary N) is 1. The lowest BCUT2D eigenvalue weighted by atomic mass is 9.90. The van der Waals surface area contributed by atoms with Crippen molar-refractivity contribution in [2.75, 3.05) is 44.8 Å². The summed E-state index contributed by atoms with van der Waals surface area (Å²) in [6.45, 7) is 14.8. The summed E-state index contributed by atoms with van der Waals surface area (Å²) in [6.07, 6.45) is 0. The van der Waals surface area contributed by atoms with Crippen LogP contribution in [0.25, 0.3) is 16.5 Å². The summed E-state index contributed by atoms with van der Waals surface area (Å²) >= 11 is 0. The molecule has 1 saturated heterocycles. The molecule has 1 amide bonds. The average Bonchev–Trinajstić information content (AvgIpc) is 3.31. The van der Waals surface area contributed by atoms with Gasteiger partial charge in [0.15, 0.2) is 5.71 Å². The van der Waals surface area contributed by atoms with Crippen molar-refractivity contribution in [3.8, 4) is 11.4 Å². The van der Waals surface area contributed by atoms with Crippen molar-refractivity contribution in [2.24, 2.45) is 5.16 Å². The van der Waals surface area contributed by atoms with Crippen LogP contribution in [0.3, 0.4) is 0 Å². The van der Waals surface area contributed by atoms with Crippen molar-refractivity contribution >= 4 is 28.2 Å². The van der Waals surface area contributed by atoms with Gasteiger partial charge < -0.3 is 20.0 Å². The van der Waals surface area contributed by atoms with Gasteiger partial charge in [-0.2, -0.15) is 5.10 Å². The number of fused-ring (bicyclic) bond motifs is 1. The van der Waals surface area contributed by atoms with Crippen molar-refractivity contribution < 1.29 is 19.5 Å². The lowest BCUT2D eigenvalue weighted by Gasteiger charge is -2.26. The monoisotopic (exact) mass is 569 g/mol. The van der Waals surface area contributed by atoms with Gasteiger partial charge in [-0.15, -0.1) is 0 Å². The fourth-order valence-corrected chi connectivity index (χ4v) is 5.40. The Morgan fingerprint density at radius 3 is 2.48 bits per heavy atom. The summed E-state index contributed by atoms with van der Waals surface area (Å²) in [7, 11) is 0. The number of oxime groups is 1. The molecule has 1 aromatic heterocycles.